The number of amides is 4. The van der Waals surface area contributed by atoms with Crippen molar-refractivity contribution in [2.24, 2.45) is 10.2 Å². The Balaban J connectivity index is 1.35. The molecule has 5 heterocycles. The molecule has 2 aromatic heterocycles. The summed E-state index contributed by atoms with van der Waals surface area (Å²) in [5.74, 6) is -2.75. The van der Waals surface area contributed by atoms with E-state index in [9.17, 15) is 28.7 Å². The van der Waals surface area contributed by atoms with Crippen LogP contribution in [0.3, 0.4) is 0 Å². The lowest BCUT2D eigenvalue weighted by Crippen LogP contribution is -2.46. The van der Waals surface area contributed by atoms with Crippen LogP contribution in [0, 0.1) is 5.82 Å². The highest BCUT2D eigenvalue weighted by atomic mass is 19.1. The number of carbonyl (C=O) groups is 3. The molecule has 3 N–H and O–H groups in total. The Labute approximate surface area is 239 Å². The minimum absolute atomic E-state index is 0.0874. The molecule has 4 amide bonds. The molecule has 2 aromatic rings. The molecule has 5 rings (SSSR count). The number of nitrogens with one attached hydrogen (secondary N) is 2. The number of hydrogen-bond donors (Lipinski definition) is 3. The Morgan fingerprint density at radius 1 is 1.26 bits per heavy atom. The van der Waals surface area contributed by atoms with Crippen LogP contribution in [0.4, 0.5) is 15.0 Å². The van der Waals surface area contributed by atoms with Crippen LogP contribution in [-0.2, 0) is 17.9 Å². The van der Waals surface area contributed by atoms with Gasteiger partial charge in [0.2, 0.25) is 11.3 Å². The third-order valence-corrected chi connectivity index (χ3v) is 7.00. The molecule has 14 nitrogen and oxygen atoms in total. The van der Waals surface area contributed by atoms with E-state index in [1.807, 2.05) is 13.8 Å². The molecule has 1 unspecified atom stereocenters. The topological polar surface area (TPSA) is 174 Å². The molecule has 0 saturated carbocycles. The number of carbonyl (C=O) groups excluding carboxylic acids is 3. The number of urea groups is 1. The molecule has 0 bridgehead atoms. The van der Waals surface area contributed by atoms with Gasteiger partial charge in [0.05, 0.1) is 12.7 Å². The Morgan fingerprint density at radius 2 is 2.02 bits per heavy atom. The van der Waals surface area contributed by atoms with Crippen molar-refractivity contribution in [1.29, 1.82) is 0 Å². The fourth-order valence-electron chi connectivity index (χ4n) is 4.79. The van der Waals surface area contributed by atoms with Gasteiger partial charge in [-0.15, -0.1) is 0 Å². The van der Waals surface area contributed by atoms with E-state index in [0.29, 0.717) is 29.9 Å². The van der Waals surface area contributed by atoms with E-state index < -0.39 is 47.0 Å². The summed E-state index contributed by atoms with van der Waals surface area (Å²) in [4.78, 5) is 61.6. The maximum Gasteiger partial charge on any atom is 0.368 e. The monoisotopic (exact) mass is 577 g/mol. The summed E-state index contributed by atoms with van der Waals surface area (Å²) in [6.45, 7) is 9.59. The van der Waals surface area contributed by atoms with E-state index >= 15 is 0 Å². The second-order valence-electron chi connectivity index (χ2n) is 10.2. The number of nitrogens with zero attached hydrogens (tertiary/aromatic N) is 7. The summed E-state index contributed by atoms with van der Waals surface area (Å²) in [5.41, 5.74) is 0.181. The number of anilines is 1. The lowest BCUT2D eigenvalue weighted by Gasteiger charge is -2.34. The quantitative estimate of drug-likeness (QED) is 0.400. The van der Waals surface area contributed by atoms with Crippen LogP contribution in [-0.4, -0.2) is 72.1 Å². The fourth-order valence-corrected chi connectivity index (χ4v) is 4.79. The van der Waals surface area contributed by atoms with Crippen molar-refractivity contribution in [2.75, 3.05) is 11.9 Å². The molecule has 0 aliphatic carbocycles. The molecule has 218 valence electrons. The van der Waals surface area contributed by atoms with Crippen LogP contribution < -0.4 is 16.1 Å². The van der Waals surface area contributed by atoms with Gasteiger partial charge in [0, 0.05) is 42.7 Å². The largest absolute Gasteiger partial charge is 0.503 e. The van der Waals surface area contributed by atoms with E-state index in [1.165, 1.54) is 21.7 Å². The van der Waals surface area contributed by atoms with E-state index in [2.05, 4.69) is 37.4 Å². The highest BCUT2D eigenvalue weighted by molar-refractivity contribution is 5.96. The van der Waals surface area contributed by atoms with Gasteiger partial charge in [0.1, 0.15) is 6.04 Å². The first-order chi connectivity index (χ1) is 20.0. The summed E-state index contributed by atoms with van der Waals surface area (Å²) in [5, 5.41) is 23.1. The number of aromatic hydroxyl groups is 1. The number of azo groups is 1. The van der Waals surface area contributed by atoms with Crippen LogP contribution in [0.15, 0.2) is 57.8 Å². The Morgan fingerprint density at radius 3 is 2.74 bits per heavy atom. The van der Waals surface area contributed by atoms with E-state index in [0.717, 1.165) is 6.20 Å². The third-order valence-electron chi connectivity index (χ3n) is 7.00. The first kappa shape index (κ1) is 28.3. The van der Waals surface area contributed by atoms with Crippen LogP contribution in [0.1, 0.15) is 42.8 Å². The van der Waals surface area contributed by atoms with Gasteiger partial charge in [-0.1, -0.05) is 11.7 Å². The van der Waals surface area contributed by atoms with Gasteiger partial charge in [-0.05, 0) is 38.5 Å². The molecule has 3 aliphatic heterocycles. The second kappa shape index (κ2) is 11.0. The first-order valence-electron chi connectivity index (χ1n) is 13.1. The summed E-state index contributed by atoms with van der Waals surface area (Å²) in [6, 6.07) is -0.660. The minimum atomic E-state index is -1.14. The van der Waals surface area contributed by atoms with E-state index in [4.69, 9.17) is 0 Å². The molecule has 0 saturated heterocycles. The number of aromatic nitrogens is 3. The zero-order valence-corrected chi connectivity index (χ0v) is 23.0. The van der Waals surface area contributed by atoms with Gasteiger partial charge in [0.15, 0.2) is 35.1 Å². The standard InChI is InChI=1S/C27H28FN9O5/c1-13(2)20(31-24-17(28)11-29-23(32-24)15-5-6-19-33-34-27(42)37(19)12-15)25(40)30-10-16-9-18(38)22(39)21-26(41)35(14(3)4)7-8-36(16)21/h5-6,9,11-12,14,19-20,39H,1,7-8,10H2,2-4H3,(H,30,40)(H,29,31,32)/t19?,20-/m0/s1. The Kier molecular flexibility index (Phi) is 7.41. The Bertz CT molecular complexity index is 1660. The van der Waals surface area contributed by atoms with Crippen molar-refractivity contribution in [1.82, 2.24) is 29.7 Å². The van der Waals surface area contributed by atoms with Gasteiger partial charge in [0.25, 0.3) is 5.91 Å². The number of halogens is 1. The zero-order chi connectivity index (χ0) is 30.3. The van der Waals surface area contributed by atoms with Crippen molar-refractivity contribution < 1.29 is 23.9 Å². The van der Waals surface area contributed by atoms with Crippen LogP contribution in [0.2, 0.25) is 0 Å². The molecular weight excluding hydrogens is 549 g/mol. The molecule has 0 radical (unpaired) electrons. The lowest BCUT2D eigenvalue weighted by atomic mass is 10.1. The smallest absolute Gasteiger partial charge is 0.368 e. The van der Waals surface area contributed by atoms with Gasteiger partial charge in [-0.25, -0.2) is 19.2 Å². The number of fused-ring (bicyclic) bond motifs is 2. The van der Waals surface area contributed by atoms with E-state index in [-0.39, 0.29) is 29.9 Å². The average Bonchev–Trinajstić information content (AvgIpc) is 3.32. The minimum Gasteiger partial charge on any atom is -0.503 e. The number of allylic oxidation sites excluding steroid dienone is 2. The molecule has 0 aromatic carbocycles. The Hall–Kier alpha value is -5.21. The summed E-state index contributed by atoms with van der Waals surface area (Å²) < 4.78 is 16.3. The van der Waals surface area contributed by atoms with Crippen LogP contribution in [0.5, 0.6) is 5.75 Å². The second-order valence-corrected chi connectivity index (χ2v) is 10.2. The maximum atomic E-state index is 14.8. The predicted octanol–water partition coefficient (Wildman–Crippen LogP) is 2.14. The molecule has 0 spiro atoms. The van der Waals surface area contributed by atoms with Crippen molar-refractivity contribution >= 4 is 29.2 Å². The predicted molar refractivity (Wildman–Crippen MR) is 148 cm³/mol. The maximum absolute atomic E-state index is 14.8. The van der Waals surface area contributed by atoms with Crippen molar-refractivity contribution in [3.05, 3.63) is 76.0 Å². The molecule has 42 heavy (non-hydrogen) atoms. The normalized spacial score (nSPS) is 18.1. The number of hydrogen-bond acceptors (Lipinski definition) is 9. The van der Waals surface area contributed by atoms with Gasteiger partial charge in [-0.2, -0.15) is 5.11 Å². The highest BCUT2D eigenvalue weighted by Crippen LogP contribution is 2.27. The van der Waals surface area contributed by atoms with Crippen LogP contribution >= 0.6 is 0 Å². The van der Waals surface area contributed by atoms with Gasteiger partial charge in [-0.3, -0.25) is 19.3 Å². The first-order valence-corrected chi connectivity index (χ1v) is 13.1. The van der Waals surface area contributed by atoms with Crippen LogP contribution in [0.25, 0.3) is 5.57 Å². The fraction of sp³-hybridized carbons (Fsp3) is 0.333. The average molecular weight is 578 g/mol. The summed E-state index contributed by atoms with van der Waals surface area (Å²) >= 11 is 0. The zero-order valence-electron chi connectivity index (χ0n) is 23.0. The van der Waals surface area contributed by atoms with E-state index in [1.54, 1.807) is 24.0 Å². The highest BCUT2D eigenvalue weighted by Gasteiger charge is 2.32. The molecule has 0 fully saturated rings. The van der Waals surface area contributed by atoms with Crippen molar-refractivity contribution in [3.8, 4) is 5.75 Å². The number of rotatable bonds is 8. The molecular formula is C27H28FN9O5. The van der Waals surface area contributed by atoms with Gasteiger partial charge < -0.3 is 25.2 Å². The number of pyridine rings is 1. The molecule has 2 atom stereocenters. The SMILES string of the molecule is C=C(C)[C@H](Nc1nc(C2=CN3C(=O)N=NC3C=C2)ncc1F)C(=O)NCc1cc(=O)c(O)c2n1CCN(C(C)C)C2=O. The van der Waals surface area contributed by atoms with Crippen molar-refractivity contribution in [2.45, 2.75) is 52.1 Å². The third kappa shape index (κ3) is 5.15. The molecule has 15 heteroatoms. The summed E-state index contributed by atoms with van der Waals surface area (Å²) in [7, 11) is 0. The lowest BCUT2D eigenvalue weighted by molar-refractivity contribution is -0.121. The summed E-state index contributed by atoms with van der Waals surface area (Å²) in [6.07, 6.45) is 5.09. The molecule has 3 aliphatic rings. The van der Waals surface area contributed by atoms with Crippen molar-refractivity contribution in [3.63, 3.8) is 0 Å². The van der Waals surface area contributed by atoms with Gasteiger partial charge >= 0.3 is 6.03 Å².